The SMILES string of the molecule is CC(=O)OC/C=C(/CO)CC[C@H]1O[C@]1(C)CC/C=C(\C)[C@H](O)CC=C(C)C. The first-order valence-corrected chi connectivity index (χ1v) is 9.76. The van der Waals surface area contributed by atoms with E-state index in [1.807, 2.05) is 20.8 Å². The normalized spacial score (nSPS) is 23.7. The molecule has 0 spiro atoms. The number of ether oxygens (including phenoxy) is 2. The van der Waals surface area contributed by atoms with Gasteiger partial charge in [-0.2, -0.15) is 0 Å². The largest absolute Gasteiger partial charge is 0.462 e. The lowest BCUT2D eigenvalue weighted by Crippen LogP contribution is -2.11. The van der Waals surface area contributed by atoms with E-state index in [2.05, 4.69) is 19.1 Å². The molecule has 27 heavy (non-hydrogen) atoms. The van der Waals surface area contributed by atoms with Crippen LogP contribution in [0.5, 0.6) is 0 Å². The highest BCUT2D eigenvalue weighted by Gasteiger charge is 2.50. The fourth-order valence-electron chi connectivity index (χ4n) is 2.97. The minimum absolute atomic E-state index is 0.0315. The highest BCUT2D eigenvalue weighted by atomic mass is 16.6. The van der Waals surface area contributed by atoms with Crippen molar-refractivity contribution >= 4 is 5.97 Å². The molecule has 1 aliphatic rings. The molecule has 1 fully saturated rings. The lowest BCUT2D eigenvalue weighted by molar-refractivity contribution is -0.139. The van der Waals surface area contributed by atoms with Crippen molar-refractivity contribution in [2.75, 3.05) is 13.2 Å². The van der Waals surface area contributed by atoms with E-state index in [-0.39, 0.29) is 30.9 Å². The van der Waals surface area contributed by atoms with Gasteiger partial charge in [0.1, 0.15) is 6.61 Å². The fraction of sp³-hybridized carbons (Fsp3) is 0.682. The minimum Gasteiger partial charge on any atom is -0.462 e. The second kappa shape index (κ2) is 11.4. The first-order chi connectivity index (χ1) is 12.7. The van der Waals surface area contributed by atoms with Crippen LogP contribution in [0.2, 0.25) is 0 Å². The molecular weight excluding hydrogens is 344 g/mol. The molecule has 5 nitrogen and oxygen atoms in total. The standard InChI is InChI=1S/C22H36O5/c1-16(2)8-10-20(25)17(3)7-6-13-22(5)21(27-22)11-9-19(15-23)12-14-26-18(4)24/h7-8,12,20-21,23,25H,6,9-11,13-15H2,1-5H3/b17-7+,19-12+/t20-,21-,22-/m1/s1. The molecule has 0 aromatic rings. The van der Waals surface area contributed by atoms with Gasteiger partial charge in [-0.25, -0.2) is 0 Å². The molecule has 0 saturated carbocycles. The Bertz CT molecular complexity index is 571. The summed E-state index contributed by atoms with van der Waals surface area (Å²) < 4.78 is 10.7. The van der Waals surface area contributed by atoms with Crippen molar-refractivity contribution in [3.05, 3.63) is 34.9 Å². The van der Waals surface area contributed by atoms with Gasteiger partial charge in [0, 0.05) is 6.92 Å². The van der Waals surface area contributed by atoms with Gasteiger partial charge in [0.2, 0.25) is 0 Å². The fourth-order valence-corrected chi connectivity index (χ4v) is 2.97. The van der Waals surface area contributed by atoms with Crippen LogP contribution in [0.15, 0.2) is 34.9 Å². The Morgan fingerprint density at radius 1 is 1.22 bits per heavy atom. The van der Waals surface area contributed by atoms with E-state index in [4.69, 9.17) is 9.47 Å². The monoisotopic (exact) mass is 380 g/mol. The number of hydrogen-bond donors (Lipinski definition) is 2. The zero-order valence-corrected chi connectivity index (χ0v) is 17.5. The van der Waals surface area contributed by atoms with Gasteiger partial charge in [-0.3, -0.25) is 4.79 Å². The molecule has 154 valence electrons. The minimum atomic E-state index is -0.418. The molecule has 1 rings (SSSR count). The summed E-state index contributed by atoms with van der Waals surface area (Å²) in [5.74, 6) is -0.323. The predicted octanol–water partition coefficient (Wildman–Crippen LogP) is 3.85. The Labute approximate surface area is 163 Å². The van der Waals surface area contributed by atoms with E-state index >= 15 is 0 Å². The summed E-state index contributed by atoms with van der Waals surface area (Å²) in [4.78, 5) is 10.8. The molecule has 1 aliphatic heterocycles. The first-order valence-electron chi connectivity index (χ1n) is 9.76. The van der Waals surface area contributed by atoms with Crippen LogP contribution in [0.4, 0.5) is 0 Å². The molecule has 5 heteroatoms. The van der Waals surface area contributed by atoms with Gasteiger partial charge in [0.05, 0.1) is 24.4 Å². The van der Waals surface area contributed by atoms with Gasteiger partial charge in [0.25, 0.3) is 0 Å². The lowest BCUT2D eigenvalue weighted by Gasteiger charge is -2.10. The average molecular weight is 381 g/mol. The Balaban J connectivity index is 2.35. The number of hydrogen-bond acceptors (Lipinski definition) is 5. The predicted molar refractivity (Wildman–Crippen MR) is 107 cm³/mol. The molecule has 0 unspecified atom stereocenters. The Morgan fingerprint density at radius 2 is 1.93 bits per heavy atom. The molecule has 1 saturated heterocycles. The molecule has 2 N–H and O–H groups in total. The van der Waals surface area contributed by atoms with Gasteiger partial charge in [-0.05, 0) is 77.0 Å². The number of aliphatic hydroxyl groups excluding tert-OH is 2. The van der Waals surface area contributed by atoms with E-state index in [0.29, 0.717) is 6.42 Å². The highest BCUT2D eigenvalue weighted by molar-refractivity contribution is 5.66. The van der Waals surface area contributed by atoms with Gasteiger partial charge >= 0.3 is 5.97 Å². The molecule has 0 radical (unpaired) electrons. The van der Waals surface area contributed by atoms with Crippen molar-refractivity contribution in [2.24, 2.45) is 0 Å². The summed E-state index contributed by atoms with van der Waals surface area (Å²) in [7, 11) is 0. The van der Waals surface area contributed by atoms with Crippen LogP contribution in [0.25, 0.3) is 0 Å². The van der Waals surface area contributed by atoms with Crippen LogP contribution in [-0.2, 0) is 14.3 Å². The zero-order valence-electron chi connectivity index (χ0n) is 17.5. The second-order valence-corrected chi connectivity index (χ2v) is 7.80. The van der Waals surface area contributed by atoms with Crippen molar-refractivity contribution in [2.45, 2.75) is 84.5 Å². The maximum atomic E-state index is 10.8. The number of carbonyl (C=O) groups is 1. The molecule has 0 amide bonds. The van der Waals surface area contributed by atoms with E-state index in [1.54, 1.807) is 6.08 Å². The highest BCUT2D eigenvalue weighted by Crippen LogP contribution is 2.43. The van der Waals surface area contributed by atoms with E-state index < -0.39 is 6.10 Å². The summed E-state index contributed by atoms with van der Waals surface area (Å²) in [6.45, 7) is 9.69. The Kier molecular flexibility index (Phi) is 9.99. The summed E-state index contributed by atoms with van der Waals surface area (Å²) in [6.07, 6.45) is 9.71. The third kappa shape index (κ3) is 9.36. The van der Waals surface area contributed by atoms with E-state index in [1.165, 1.54) is 12.5 Å². The van der Waals surface area contributed by atoms with Crippen molar-refractivity contribution in [3.63, 3.8) is 0 Å². The number of allylic oxidation sites excluding steroid dienone is 2. The number of rotatable bonds is 12. The van der Waals surface area contributed by atoms with Crippen molar-refractivity contribution in [3.8, 4) is 0 Å². The van der Waals surface area contributed by atoms with Crippen molar-refractivity contribution in [1.82, 2.24) is 0 Å². The quantitative estimate of drug-likeness (QED) is 0.305. The number of carbonyl (C=O) groups excluding carboxylic acids is 1. The van der Waals surface area contributed by atoms with Crippen LogP contribution in [0.3, 0.4) is 0 Å². The van der Waals surface area contributed by atoms with Gasteiger partial charge in [-0.1, -0.05) is 17.7 Å². The number of aliphatic hydroxyl groups is 2. The number of epoxide rings is 1. The van der Waals surface area contributed by atoms with Crippen LogP contribution >= 0.6 is 0 Å². The van der Waals surface area contributed by atoms with Gasteiger partial charge in [-0.15, -0.1) is 0 Å². The zero-order chi connectivity index (χ0) is 20.4. The third-order valence-corrected chi connectivity index (χ3v) is 5.01. The van der Waals surface area contributed by atoms with Crippen molar-refractivity contribution in [1.29, 1.82) is 0 Å². The van der Waals surface area contributed by atoms with Crippen LogP contribution in [0, 0.1) is 0 Å². The molecular formula is C22H36O5. The maximum absolute atomic E-state index is 10.8. The second-order valence-electron chi connectivity index (χ2n) is 7.80. The van der Waals surface area contributed by atoms with E-state index in [9.17, 15) is 15.0 Å². The lowest BCUT2D eigenvalue weighted by atomic mass is 9.95. The first kappa shape index (κ1) is 23.6. The Hall–Kier alpha value is -1.43. The van der Waals surface area contributed by atoms with Crippen LogP contribution in [-0.4, -0.2) is 47.2 Å². The van der Waals surface area contributed by atoms with Crippen LogP contribution in [0.1, 0.15) is 66.7 Å². The summed E-state index contributed by atoms with van der Waals surface area (Å²) in [6, 6.07) is 0. The molecule has 0 bridgehead atoms. The van der Waals surface area contributed by atoms with Gasteiger partial charge < -0.3 is 19.7 Å². The summed E-state index contributed by atoms with van der Waals surface area (Å²) in [5, 5.41) is 19.5. The molecule has 0 aromatic carbocycles. The Morgan fingerprint density at radius 3 is 2.52 bits per heavy atom. The van der Waals surface area contributed by atoms with Gasteiger partial charge in [0.15, 0.2) is 0 Å². The van der Waals surface area contributed by atoms with E-state index in [0.717, 1.165) is 36.8 Å². The summed E-state index contributed by atoms with van der Waals surface area (Å²) >= 11 is 0. The molecule has 0 aliphatic carbocycles. The van der Waals surface area contributed by atoms with Crippen LogP contribution < -0.4 is 0 Å². The maximum Gasteiger partial charge on any atom is 0.302 e. The van der Waals surface area contributed by atoms with Crippen molar-refractivity contribution < 1.29 is 24.5 Å². The third-order valence-electron chi connectivity index (χ3n) is 5.01. The topological polar surface area (TPSA) is 79.3 Å². The average Bonchev–Trinajstić information content (AvgIpc) is 3.25. The molecule has 1 heterocycles. The smallest absolute Gasteiger partial charge is 0.302 e. The molecule has 0 aromatic heterocycles. The molecule has 3 atom stereocenters. The number of esters is 1. The summed E-state index contributed by atoms with van der Waals surface area (Å²) in [5.41, 5.74) is 2.96.